The van der Waals surface area contributed by atoms with Crippen LogP contribution >= 0.6 is 11.5 Å². The molecule has 3 heterocycles. The SMILES string of the molecule is Cc1ccc(OCC(=O)OCc2ccoc2)cc1-c1nsc2ccc(-n3c(=O)cc(C(F)(F)F)n(C)c3=O)cc12. The van der Waals surface area contributed by atoms with Crippen molar-refractivity contribution < 1.29 is 31.9 Å². The number of carbonyl (C=O) groups is 1. The first-order chi connectivity index (χ1) is 19.0. The van der Waals surface area contributed by atoms with Crippen LogP contribution in [0.25, 0.3) is 27.0 Å². The highest BCUT2D eigenvalue weighted by atomic mass is 32.1. The van der Waals surface area contributed by atoms with Crippen molar-refractivity contribution >= 4 is 27.6 Å². The third-order valence-corrected chi connectivity index (χ3v) is 6.95. The number of benzene rings is 2. The summed E-state index contributed by atoms with van der Waals surface area (Å²) < 4.78 is 61.8. The topological polar surface area (TPSA) is 106 Å². The number of halogens is 3. The lowest BCUT2D eigenvalue weighted by molar-refractivity contribution is -0.147. The lowest BCUT2D eigenvalue weighted by Gasteiger charge is -2.14. The molecule has 5 aromatic rings. The summed E-state index contributed by atoms with van der Waals surface area (Å²) in [6, 6.07) is 11.9. The van der Waals surface area contributed by atoms with Crippen molar-refractivity contribution in [1.82, 2.24) is 13.5 Å². The van der Waals surface area contributed by atoms with E-state index in [0.29, 0.717) is 43.2 Å². The lowest BCUT2D eigenvalue weighted by Crippen LogP contribution is -2.40. The number of furan rings is 1. The van der Waals surface area contributed by atoms with E-state index in [2.05, 4.69) is 4.37 Å². The van der Waals surface area contributed by atoms with Gasteiger partial charge in [-0.25, -0.2) is 14.2 Å². The number of aryl methyl sites for hydroxylation is 1. The number of hydrogen-bond acceptors (Lipinski definition) is 8. The average Bonchev–Trinajstić information content (AvgIpc) is 3.58. The lowest BCUT2D eigenvalue weighted by atomic mass is 10.0. The van der Waals surface area contributed by atoms with Crippen LogP contribution in [0.1, 0.15) is 16.8 Å². The van der Waals surface area contributed by atoms with Crippen LogP contribution < -0.4 is 16.0 Å². The molecule has 0 fully saturated rings. The van der Waals surface area contributed by atoms with Gasteiger partial charge in [-0.05, 0) is 60.4 Å². The van der Waals surface area contributed by atoms with Crippen LogP contribution in [0.15, 0.2) is 75.1 Å². The molecule has 2 aromatic carbocycles. The molecule has 3 aromatic heterocycles. The van der Waals surface area contributed by atoms with Gasteiger partial charge >= 0.3 is 17.8 Å². The molecule has 5 rings (SSSR count). The fourth-order valence-corrected chi connectivity index (χ4v) is 4.83. The molecule has 0 amide bonds. The van der Waals surface area contributed by atoms with E-state index in [9.17, 15) is 27.6 Å². The number of fused-ring (bicyclic) bond motifs is 1. The highest BCUT2D eigenvalue weighted by Gasteiger charge is 2.35. The largest absolute Gasteiger partial charge is 0.482 e. The molecule has 0 unspecified atom stereocenters. The fraction of sp³-hybridized carbons (Fsp3) is 0.185. The molecule has 0 saturated heterocycles. The highest BCUT2D eigenvalue weighted by molar-refractivity contribution is 7.13. The van der Waals surface area contributed by atoms with Gasteiger partial charge in [-0.1, -0.05) is 6.07 Å². The summed E-state index contributed by atoms with van der Waals surface area (Å²) in [5.41, 5.74) is -0.758. The number of hydrogen-bond donors (Lipinski definition) is 0. The van der Waals surface area contributed by atoms with E-state index in [0.717, 1.165) is 17.3 Å². The zero-order chi connectivity index (χ0) is 28.6. The summed E-state index contributed by atoms with van der Waals surface area (Å²) in [5.74, 6) is -0.193. The second kappa shape index (κ2) is 10.5. The Hall–Kier alpha value is -4.65. The number of aromatic nitrogens is 3. The quantitative estimate of drug-likeness (QED) is 0.257. The summed E-state index contributed by atoms with van der Waals surface area (Å²) in [4.78, 5) is 37.5. The minimum atomic E-state index is -4.86. The summed E-state index contributed by atoms with van der Waals surface area (Å²) >= 11 is 1.18. The van der Waals surface area contributed by atoms with E-state index in [1.165, 1.54) is 36.2 Å². The van der Waals surface area contributed by atoms with Gasteiger partial charge in [0.25, 0.3) is 5.56 Å². The van der Waals surface area contributed by atoms with Gasteiger partial charge in [0.2, 0.25) is 0 Å². The van der Waals surface area contributed by atoms with Gasteiger partial charge in [-0.15, -0.1) is 0 Å². The molecule has 0 N–H and O–H groups in total. The van der Waals surface area contributed by atoms with Crippen LogP contribution in [-0.4, -0.2) is 26.1 Å². The molecule has 13 heteroatoms. The van der Waals surface area contributed by atoms with Crippen molar-refractivity contribution in [2.45, 2.75) is 19.7 Å². The Bertz CT molecular complexity index is 1840. The molecule has 0 aliphatic heterocycles. The molecule has 0 aliphatic carbocycles. The Kier molecular flexibility index (Phi) is 7.06. The van der Waals surface area contributed by atoms with Gasteiger partial charge < -0.3 is 13.9 Å². The summed E-state index contributed by atoms with van der Waals surface area (Å²) in [5, 5.41) is 0.580. The first kappa shape index (κ1) is 26.9. The van der Waals surface area contributed by atoms with E-state index in [-0.39, 0.29) is 18.9 Å². The Morgan fingerprint density at radius 1 is 1.10 bits per heavy atom. The summed E-state index contributed by atoms with van der Waals surface area (Å²) in [7, 11) is 0.958. The molecule has 0 atom stereocenters. The van der Waals surface area contributed by atoms with Gasteiger partial charge in [-0.3, -0.25) is 9.36 Å². The van der Waals surface area contributed by atoms with Crippen molar-refractivity contribution in [2.24, 2.45) is 7.05 Å². The zero-order valence-electron chi connectivity index (χ0n) is 21.0. The maximum atomic E-state index is 13.3. The maximum absolute atomic E-state index is 13.3. The molecule has 9 nitrogen and oxygen atoms in total. The van der Waals surface area contributed by atoms with Crippen molar-refractivity contribution in [1.29, 1.82) is 0 Å². The normalized spacial score (nSPS) is 11.6. The molecule has 0 saturated carbocycles. The summed E-state index contributed by atoms with van der Waals surface area (Å²) in [6.45, 7) is 1.57. The van der Waals surface area contributed by atoms with Crippen molar-refractivity contribution in [2.75, 3.05) is 6.61 Å². The number of nitrogens with zero attached hydrogens (tertiary/aromatic N) is 3. The van der Waals surface area contributed by atoms with E-state index in [4.69, 9.17) is 13.9 Å². The number of esters is 1. The standard InChI is InChI=1S/C27H20F3N3O6S/c1-15-3-5-18(38-14-24(35)39-13-16-7-8-37-12-16)10-19(15)25-20-9-17(4-6-21(20)40-31-25)33-23(34)11-22(27(28,29)30)32(2)26(33)36/h3-12H,13-14H2,1-2H3. The fourth-order valence-electron chi connectivity index (χ4n) is 4.06. The van der Waals surface area contributed by atoms with Crippen molar-refractivity contribution in [3.8, 4) is 22.7 Å². The molecule has 206 valence electrons. The zero-order valence-corrected chi connectivity index (χ0v) is 21.8. The van der Waals surface area contributed by atoms with Gasteiger partial charge in [0, 0.05) is 29.6 Å². The van der Waals surface area contributed by atoms with E-state index in [1.54, 1.807) is 30.3 Å². The van der Waals surface area contributed by atoms with Crippen molar-refractivity contribution in [3.05, 3.63) is 98.7 Å². The van der Waals surface area contributed by atoms with Gasteiger partial charge in [0.15, 0.2) is 6.61 Å². The second-order valence-corrected chi connectivity index (χ2v) is 9.62. The first-order valence-corrected chi connectivity index (χ1v) is 12.5. The van der Waals surface area contributed by atoms with Crippen molar-refractivity contribution in [3.63, 3.8) is 0 Å². The number of rotatable bonds is 7. The molecular formula is C27H20F3N3O6S. The monoisotopic (exact) mass is 571 g/mol. The summed E-state index contributed by atoms with van der Waals surface area (Å²) in [6.07, 6.45) is -1.92. The van der Waals surface area contributed by atoms with E-state index >= 15 is 0 Å². The van der Waals surface area contributed by atoms with E-state index in [1.807, 2.05) is 6.92 Å². The van der Waals surface area contributed by atoms with E-state index < -0.39 is 29.1 Å². The van der Waals surface area contributed by atoms with Gasteiger partial charge in [-0.2, -0.15) is 17.5 Å². The Morgan fingerprint density at radius 3 is 2.62 bits per heavy atom. The number of ether oxygens (including phenoxy) is 2. The van der Waals surface area contributed by atoms with Crippen LogP contribution in [0.3, 0.4) is 0 Å². The smallest absolute Gasteiger partial charge is 0.431 e. The number of alkyl halides is 3. The molecule has 0 aliphatic rings. The Balaban J connectivity index is 1.45. The van der Waals surface area contributed by atoms with Gasteiger partial charge in [0.1, 0.15) is 18.1 Å². The minimum absolute atomic E-state index is 0.0517. The Labute approximate surface area is 227 Å². The van der Waals surface area contributed by atoms with Gasteiger partial charge in [0.05, 0.1) is 28.6 Å². The third kappa shape index (κ3) is 5.27. The highest BCUT2D eigenvalue weighted by Crippen LogP contribution is 2.35. The van der Waals surface area contributed by atoms with Crippen LogP contribution in [0.2, 0.25) is 0 Å². The predicted octanol–water partition coefficient (Wildman–Crippen LogP) is 4.86. The predicted molar refractivity (Wildman–Crippen MR) is 140 cm³/mol. The van der Waals surface area contributed by atoms with Crippen LogP contribution in [0, 0.1) is 6.92 Å². The Morgan fingerprint density at radius 2 is 1.90 bits per heavy atom. The maximum Gasteiger partial charge on any atom is 0.431 e. The van der Waals surface area contributed by atoms with Crippen LogP contribution in [0.5, 0.6) is 5.75 Å². The number of carbonyl (C=O) groups excluding carboxylic acids is 1. The first-order valence-electron chi connectivity index (χ1n) is 11.7. The molecule has 0 bridgehead atoms. The molecular weight excluding hydrogens is 551 g/mol. The third-order valence-electron chi connectivity index (χ3n) is 6.12. The van der Waals surface area contributed by atoms with Crippen LogP contribution in [0.4, 0.5) is 13.2 Å². The minimum Gasteiger partial charge on any atom is -0.482 e. The van der Waals surface area contributed by atoms with Crippen LogP contribution in [-0.2, 0) is 29.4 Å². The average molecular weight is 572 g/mol. The second-order valence-electron chi connectivity index (χ2n) is 8.81. The molecule has 0 radical (unpaired) electrons. The molecule has 0 spiro atoms. The molecule has 40 heavy (non-hydrogen) atoms.